The fourth-order valence-corrected chi connectivity index (χ4v) is 5.60. The smallest absolute Gasteiger partial charge is 0.462 e. The van der Waals surface area contributed by atoms with Crippen molar-refractivity contribution in [2.45, 2.75) is 31.5 Å². The van der Waals surface area contributed by atoms with Crippen molar-refractivity contribution >= 4 is 54.1 Å². The molecular weight excluding hydrogens is 456 g/mol. The lowest BCUT2D eigenvalue weighted by Gasteiger charge is -2.53. The Labute approximate surface area is 194 Å². The highest BCUT2D eigenvalue weighted by atomic mass is 32.2. The van der Waals surface area contributed by atoms with Crippen LogP contribution in [0.3, 0.4) is 0 Å². The van der Waals surface area contributed by atoms with Crippen LogP contribution in [-0.2, 0) is 28.3 Å². The first kappa shape index (κ1) is 23.4. The Morgan fingerprint density at radius 2 is 1.73 bits per heavy atom. The van der Waals surface area contributed by atoms with Crippen LogP contribution < -0.4 is 15.1 Å². The molecule has 0 aromatic heterocycles. The van der Waals surface area contributed by atoms with E-state index in [1.807, 2.05) is 16.7 Å². The van der Waals surface area contributed by atoms with Gasteiger partial charge in [0.05, 0.1) is 22.1 Å². The molecule has 0 saturated carbocycles. The van der Waals surface area contributed by atoms with E-state index in [9.17, 15) is 19.2 Å². The number of Topliss-reactive ketones (excluding diaryl/α,β-unsaturated/α-hetero) is 1. The summed E-state index contributed by atoms with van der Waals surface area (Å²) in [6.07, 6.45) is 0. The van der Waals surface area contributed by atoms with Gasteiger partial charge in [0, 0.05) is 45.6 Å². The van der Waals surface area contributed by atoms with Gasteiger partial charge in [-0.15, -0.1) is 11.8 Å². The molecule has 176 valence electrons. The second-order valence-corrected chi connectivity index (χ2v) is 9.31. The van der Waals surface area contributed by atoms with Crippen LogP contribution in [0.5, 0.6) is 0 Å². The van der Waals surface area contributed by atoms with Crippen LogP contribution in [0.15, 0.2) is 12.1 Å². The van der Waals surface area contributed by atoms with E-state index >= 15 is 4.39 Å². The van der Waals surface area contributed by atoms with Gasteiger partial charge in [0.25, 0.3) is 11.9 Å². The molecule has 33 heavy (non-hydrogen) atoms. The summed E-state index contributed by atoms with van der Waals surface area (Å²) in [5, 5.41) is 2.58. The summed E-state index contributed by atoms with van der Waals surface area (Å²) in [6.45, 7) is 6.76. The number of carbonyl (C=O) groups is 4. The minimum Gasteiger partial charge on any atom is -0.462 e. The van der Waals surface area contributed by atoms with Crippen molar-refractivity contribution in [3.05, 3.63) is 23.5 Å². The SMILES string of the molecule is CC(=O)OB(OC(C)=O)OC(=O)C1C(=O)c2cc(F)c(N3CCNCC3)cc2N2C(C)SC12. The maximum atomic E-state index is 15.0. The second-order valence-electron chi connectivity index (χ2n) is 7.88. The average Bonchev–Trinajstić information content (AvgIpc) is 2.73. The van der Waals surface area contributed by atoms with Crippen molar-refractivity contribution < 1.29 is 37.5 Å². The number of ketones is 1. The first-order valence-corrected chi connectivity index (χ1v) is 11.4. The Morgan fingerprint density at radius 3 is 2.30 bits per heavy atom. The van der Waals surface area contributed by atoms with E-state index in [-0.39, 0.29) is 10.9 Å². The van der Waals surface area contributed by atoms with Gasteiger partial charge in [-0.2, -0.15) is 0 Å². The number of rotatable bonds is 5. The molecule has 2 fully saturated rings. The number of halogens is 1. The van der Waals surface area contributed by atoms with Crippen LogP contribution in [0.25, 0.3) is 0 Å². The van der Waals surface area contributed by atoms with E-state index < -0.39 is 48.1 Å². The summed E-state index contributed by atoms with van der Waals surface area (Å²) in [6, 6.07) is 2.83. The van der Waals surface area contributed by atoms with E-state index in [1.54, 1.807) is 6.07 Å². The van der Waals surface area contributed by atoms with Gasteiger partial charge in [-0.05, 0) is 19.1 Å². The Kier molecular flexibility index (Phi) is 6.53. The van der Waals surface area contributed by atoms with Crippen LogP contribution in [-0.4, -0.2) is 67.9 Å². The van der Waals surface area contributed by atoms with Crippen molar-refractivity contribution in [1.82, 2.24) is 5.32 Å². The molecule has 3 heterocycles. The first-order chi connectivity index (χ1) is 15.7. The number of thioether (sulfide) groups is 1. The number of hydrogen-bond acceptors (Lipinski definition) is 11. The number of piperazine rings is 1. The summed E-state index contributed by atoms with van der Waals surface area (Å²) in [4.78, 5) is 52.5. The lowest BCUT2D eigenvalue weighted by atomic mass is 9.89. The highest BCUT2D eigenvalue weighted by Crippen LogP contribution is 2.51. The Morgan fingerprint density at radius 1 is 1.09 bits per heavy atom. The molecule has 0 radical (unpaired) electrons. The van der Waals surface area contributed by atoms with Crippen LogP contribution in [0.1, 0.15) is 31.1 Å². The lowest BCUT2D eigenvalue weighted by Crippen LogP contribution is -2.60. The van der Waals surface area contributed by atoms with Gasteiger partial charge in [0.2, 0.25) is 0 Å². The number of benzene rings is 1. The molecule has 0 bridgehead atoms. The van der Waals surface area contributed by atoms with Crippen molar-refractivity contribution in [2.75, 3.05) is 36.0 Å². The molecule has 0 aliphatic carbocycles. The van der Waals surface area contributed by atoms with Gasteiger partial charge < -0.3 is 29.1 Å². The maximum Gasteiger partial charge on any atom is 0.870 e. The molecule has 4 rings (SSSR count). The monoisotopic (exact) mass is 479 g/mol. The van der Waals surface area contributed by atoms with Crippen molar-refractivity contribution in [1.29, 1.82) is 0 Å². The Bertz CT molecular complexity index is 990. The molecule has 0 amide bonds. The summed E-state index contributed by atoms with van der Waals surface area (Å²) < 4.78 is 29.5. The van der Waals surface area contributed by atoms with Gasteiger partial charge >= 0.3 is 13.3 Å². The summed E-state index contributed by atoms with van der Waals surface area (Å²) in [5.74, 6) is -5.18. The van der Waals surface area contributed by atoms with Crippen LogP contribution in [0.2, 0.25) is 0 Å². The number of fused-ring (bicyclic) bond motifs is 3. The van der Waals surface area contributed by atoms with Crippen molar-refractivity contribution in [2.24, 2.45) is 5.92 Å². The molecule has 3 aliphatic heterocycles. The summed E-state index contributed by atoms with van der Waals surface area (Å²) in [7, 11) is -1.91. The number of nitrogens with one attached hydrogen (secondary N) is 1. The van der Waals surface area contributed by atoms with E-state index in [2.05, 4.69) is 5.32 Å². The molecule has 3 aliphatic rings. The fourth-order valence-electron chi connectivity index (χ4n) is 4.19. The van der Waals surface area contributed by atoms with E-state index in [0.717, 1.165) is 33.0 Å². The zero-order valence-corrected chi connectivity index (χ0v) is 19.1. The third kappa shape index (κ3) is 4.51. The highest BCUT2D eigenvalue weighted by Gasteiger charge is 2.55. The summed E-state index contributed by atoms with van der Waals surface area (Å²) in [5.41, 5.74) is 1.05. The lowest BCUT2D eigenvalue weighted by molar-refractivity contribution is -0.147. The first-order valence-electron chi connectivity index (χ1n) is 10.5. The molecule has 2 saturated heterocycles. The summed E-state index contributed by atoms with van der Waals surface area (Å²) >= 11 is 1.39. The van der Waals surface area contributed by atoms with E-state index in [1.165, 1.54) is 11.8 Å². The number of anilines is 2. The normalized spacial score (nSPS) is 23.6. The van der Waals surface area contributed by atoms with Crippen LogP contribution in [0, 0.1) is 11.7 Å². The molecule has 1 aromatic carbocycles. The van der Waals surface area contributed by atoms with Gasteiger partial charge in [-0.1, -0.05) is 0 Å². The zero-order chi connectivity index (χ0) is 23.9. The van der Waals surface area contributed by atoms with Crippen molar-refractivity contribution in [3.8, 4) is 0 Å². The third-order valence-electron chi connectivity index (χ3n) is 5.63. The van der Waals surface area contributed by atoms with Crippen LogP contribution >= 0.6 is 11.8 Å². The largest absolute Gasteiger partial charge is 0.870 e. The Balaban J connectivity index is 1.63. The highest BCUT2D eigenvalue weighted by molar-refractivity contribution is 8.02. The quantitative estimate of drug-likeness (QED) is 0.481. The molecule has 3 unspecified atom stereocenters. The predicted octanol–water partition coefficient (Wildman–Crippen LogP) is 0.927. The minimum atomic E-state index is -1.91. The maximum absolute atomic E-state index is 15.0. The van der Waals surface area contributed by atoms with Crippen molar-refractivity contribution in [3.63, 3.8) is 0 Å². The fraction of sp³-hybridized carbons (Fsp3) is 0.500. The van der Waals surface area contributed by atoms with E-state index in [4.69, 9.17) is 14.0 Å². The van der Waals surface area contributed by atoms with Gasteiger partial charge in [0.1, 0.15) is 11.7 Å². The molecule has 10 nitrogen and oxygen atoms in total. The molecule has 3 atom stereocenters. The number of carbonyl (C=O) groups excluding carboxylic acids is 4. The Hall–Kier alpha value is -2.80. The second kappa shape index (κ2) is 9.22. The van der Waals surface area contributed by atoms with Gasteiger partial charge in [0.15, 0.2) is 5.78 Å². The van der Waals surface area contributed by atoms with E-state index in [0.29, 0.717) is 24.5 Å². The average molecular weight is 479 g/mol. The zero-order valence-electron chi connectivity index (χ0n) is 18.3. The molecule has 1 N–H and O–H groups in total. The van der Waals surface area contributed by atoms with Gasteiger partial charge in [-0.25, -0.2) is 4.39 Å². The molecule has 13 heteroatoms. The predicted molar refractivity (Wildman–Crippen MR) is 118 cm³/mol. The molecule has 0 spiro atoms. The van der Waals surface area contributed by atoms with Gasteiger partial charge in [-0.3, -0.25) is 19.2 Å². The topological polar surface area (TPSA) is 114 Å². The number of nitrogens with zero attached hydrogens (tertiary/aromatic N) is 2. The van der Waals surface area contributed by atoms with Crippen LogP contribution in [0.4, 0.5) is 15.8 Å². The standard InChI is InChI=1S/C20H23BFN3O7S/c1-10-25-15-9-16(24-6-4-23-5-7-24)14(22)8-13(15)18(28)17(19(25)33-10)20(29)32-21(30-11(2)26)31-12(3)27/h8-10,17,19,23H,4-7H2,1-3H3. The molecule has 1 aromatic rings. The molecular formula is C20H23BFN3O7S. The number of hydrogen-bond donors (Lipinski definition) is 1. The third-order valence-corrected chi connectivity index (χ3v) is 7.03. The minimum absolute atomic E-state index is 0.0591.